The average molecular weight is 218 g/mol. The van der Waals surface area contributed by atoms with Crippen molar-refractivity contribution in [2.75, 3.05) is 0 Å². The van der Waals surface area contributed by atoms with Gasteiger partial charge in [-0.25, -0.2) is 4.79 Å². The summed E-state index contributed by atoms with van der Waals surface area (Å²) < 4.78 is 0. The van der Waals surface area contributed by atoms with E-state index >= 15 is 0 Å². The average Bonchev–Trinajstić information content (AvgIpc) is 2.23. The minimum Gasteiger partial charge on any atom is -0.504 e. The Bertz CT molecular complexity index is 587. The zero-order chi connectivity index (χ0) is 11.9. The Balaban J connectivity index is 2.87. The zero-order valence-corrected chi connectivity index (χ0v) is 8.56. The van der Waals surface area contributed by atoms with Gasteiger partial charge in [0.1, 0.15) is 0 Å². The van der Waals surface area contributed by atoms with Crippen molar-refractivity contribution in [3.63, 3.8) is 0 Å². The Labute approximate surface area is 91.4 Å². The van der Waals surface area contributed by atoms with Crippen LogP contribution in [0.4, 0.5) is 0 Å². The van der Waals surface area contributed by atoms with Gasteiger partial charge in [0.25, 0.3) is 0 Å². The normalized spacial score (nSPS) is 10.6. The van der Waals surface area contributed by atoms with Gasteiger partial charge in [-0.3, -0.25) is 0 Å². The third kappa shape index (κ3) is 1.35. The van der Waals surface area contributed by atoms with Gasteiger partial charge in [-0.05, 0) is 36.1 Å². The summed E-state index contributed by atoms with van der Waals surface area (Å²) in [6, 6.07) is 5.84. The topological polar surface area (TPSA) is 77.8 Å². The van der Waals surface area contributed by atoms with Crippen LogP contribution in [0.25, 0.3) is 10.8 Å². The van der Waals surface area contributed by atoms with E-state index in [1.165, 1.54) is 18.2 Å². The van der Waals surface area contributed by atoms with Crippen molar-refractivity contribution in [1.82, 2.24) is 0 Å². The number of aryl methyl sites for hydroxylation is 1. The molecule has 0 fully saturated rings. The Morgan fingerprint density at radius 1 is 1.06 bits per heavy atom. The first-order chi connectivity index (χ1) is 7.52. The van der Waals surface area contributed by atoms with Crippen LogP contribution in [-0.2, 0) is 0 Å². The summed E-state index contributed by atoms with van der Waals surface area (Å²) in [6.45, 7) is 1.67. The molecule has 0 aliphatic carbocycles. The molecule has 0 aliphatic heterocycles. The third-order valence-electron chi connectivity index (χ3n) is 2.65. The zero-order valence-electron chi connectivity index (χ0n) is 8.56. The van der Waals surface area contributed by atoms with Gasteiger partial charge in [0.2, 0.25) is 0 Å². The molecule has 3 N–H and O–H groups in total. The van der Waals surface area contributed by atoms with Crippen LogP contribution in [0.1, 0.15) is 15.9 Å². The highest BCUT2D eigenvalue weighted by atomic mass is 16.4. The van der Waals surface area contributed by atoms with Gasteiger partial charge >= 0.3 is 5.97 Å². The Morgan fingerprint density at radius 2 is 1.69 bits per heavy atom. The fourth-order valence-corrected chi connectivity index (χ4v) is 1.76. The van der Waals surface area contributed by atoms with Crippen LogP contribution in [0.15, 0.2) is 24.3 Å². The second-order valence-corrected chi connectivity index (χ2v) is 3.57. The second kappa shape index (κ2) is 3.41. The highest BCUT2D eigenvalue weighted by Gasteiger charge is 2.12. The standard InChI is InChI=1S/C12H10O4/c1-6-7-4-5-10(13)11(14)9(7)3-2-8(6)12(15)16/h2-5,13-14H,1H3,(H,15,16). The summed E-state index contributed by atoms with van der Waals surface area (Å²) in [5.41, 5.74) is 0.762. The van der Waals surface area contributed by atoms with Gasteiger partial charge < -0.3 is 15.3 Å². The van der Waals surface area contributed by atoms with E-state index < -0.39 is 5.97 Å². The number of rotatable bonds is 1. The van der Waals surface area contributed by atoms with Crippen LogP contribution in [0.2, 0.25) is 0 Å². The third-order valence-corrected chi connectivity index (χ3v) is 2.65. The summed E-state index contributed by atoms with van der Waals surface area (Å²) >= 11 is 0. The van der Waals surface area contributed by atoms with Crippen molar-refractivity contribution in [3.8, 4) is 11.5 Å². The van der Waals surface area contributed by atoms with E-state index in [0.717, 1.165) is 0 Å². The van der Waals surface area contributed by atoms with Crippen molar-refractivity contribution >= 4 is 16.7 Å². The highest BCUT2D eigenvalue weighted by Crippen LogP contribution is 2.35. The summed E-state index contributed by atoms with van der Waals surface area (Å²) in [5, 5.41) is 28.9. The van der Waals surface area contributed by atoms with Crippen molar-refractivity contribution < 1.29 is 20.1 Å². The Hall–Kier alpha value is -2.23. The van der Waals surface area contributed by atoms with E-state index in [0.29, 0.717) is 16.3 Å². The van der Waals surface area contributed by atoms with Crippen LogP contribution in [-0.4, -0.2) is 21.3 Å². The number of aromatic hydroxyl groups is 2. The first kappa shape index (κ1) is 10.3. The number of phenolic OH excluding ortho intramolecular Hbond substituents is 2. The van der Waals surface area contributed by atoms with Crippen LogP contribution in [0, 0.1) is 6.92 Å². The minimum atomic E-state index is -1.01. The van der Waals surface area contributed by atoms with Crippen LogP contribution in [0.5, 0.6) is 11.5 Å². The Kier molecular flexibility index (Phi) is 2.20. The molecule has 0 aromatic heterocycles. The van der Waals surface area contributed by atoms with Gasteiger partial charge in [-0.2, -0.15) is 0 Å². The molecule has 82 valence electrons. The first-order valence-corrected chi connectivity index (χ1v) is 4.70. The number of benzene rings is 2. The largest absolute Gasteiger partial charge is 0.504 e. The molecule has 16 heavy (non-hydrogen) atoms. The lowest BCUT2D eigenvalue weighted by Crippen LogP contribution is -1.99. The number of hydrogen-bond acceptors (Lipinski definition) is 3. The number of carboxylic acids is 1. The summed E-state index contributed by atoms with van der Waals surface area (Å²) in [7, 11) is 0. The molecule has 0 unspecified atom stereocenters. The second-order valence-electron chi connectivity index (χ2n) is 3.57. The summed E-state index contributed by atoms with van der Waals surface area (Å²) in [6.07, 6.45) is 0. The number of phenols is 2. The van der Waals surface area contributed by atoms with E-state index in [1.807, 2.05) is 0 Å². The van der Waals surface area contributed by atoms with Gasteiger partial charge in [0.05, 0.1) is 5.56 Å². The molecular formula is C12H10O4. The fourth-order valence-electron chi connectivity index (χ4n) is 1.76. The molecule has 0 aliphatic rings. The predicted molar refractivity (Wildman–Crippen MR) is 59.0 cm³/mol. The molecule has 0 atom stereocenters. The maximum Gasteiger partial charge on any atom is 0.335 e. The molecule has 0 saturated heterocycles. The van der Waals surface area contributed by atoms with Crippen LogP contribution >= 0.6 is 0 Å². The first-order valence-electron chi connectivity index (χ1n) is 4.70. The maximum atomic E-state index is 10.9. The molecule has 0 heterocycles. The monoisotopic (exact) mass is 218 g/mol. The smallest absolute Gasteiger partial charge is 0.335 e. The minimum absolute atomic E-state index is 0.192. The van der Waals surface area contributed by atoms with E-state index in [9.17, 15) is 15.0 Å². The number of fused-ring (bicyclic) bond motifs is 1. The van der Waals surface area contributed by atoms with Crippen LogP contribution in [0.3, 0.4) is 0 Å². The van der Waals surface area contributed by atoms with Crippen molar-refractivity contribution in [2.45, 2.75) is 6.92 Å². The molecule has 0 saturated carbocycles. The lowest BCUT2D eigenvalue weighted by Gasteiger charge is -2.08. The lowest BCUT2D eigenvalue weighted by molar-refractivity contribution is 0.0696. The molecule has 0 bridgehead atoms. The number of carboxylic acid groups (broad SMARTS) is 1. The van der Waals surface area contributed by atoms with E-state index in [4.69, 9.17) is 5.11 Å². The van der Waals surface area contributed by atoms with Crippen molar-refractivity contribution in [1.29, 1.82) is 0 Å². The highest BCUT2D eigenvalue weighted by molar-refractivity contribution is 6.00. The lowest BCUT2D eigenvalue weighted by atomic mass is 9.99. The molecule has 4 heteroatoms. The van der Waals surface area contributed by atoms with Crippen LogP contribution < -0.4 is 0 Å². The number of aromatic carboxylic acids is 1. The van der Waals surface area contributed by atoms with Crippen molar-refractivity contribution in [3.05, 3.63) is 35.4 Å². The molecular weight excluding hydrogens is 208 g/mol. The van der Waals surface area contributed by atoms with Crippen molar-refractivity contribution in [2.24, 2.45) is 0 Å². The summed E-state index contributed by atoms with van der Waals surface area (Å²) in [5.74, 6) is -1.44. The Morgan fingerprint density at radius 3 is 2.31 bits per heavy atom. The van der Waals surface area contributed by atoms with Gasteiger partial charge in [0.15, 0.2) is 11.5 Å². The molecule has 0 radical (unpaired) electrons. The van der Waals surface area contributed by atoms with Gasteiger partial charge in [-0.15, -0.1) is 0 Å². The number of hydrogen-bond donors (Lipinski definition) is 3. The van der Waals surface area contributed by atoms with E-state index in [1.54, 1.807) is 13.0 Å². The summed E-state index contributed by atoms with van der Waals surface area (Å²) in [4.78, 5) is 10.9. The molecule has 2 aromatic rings. The molecule has 0 amide bonds. The fraction of sp³-hybridized carbons (Fsp3) is 0.0833. The predicted octanol–water partition coefficient (Wildman–Crippen LogP) is 2.26. The molecule has 0 spiro atoms. The number of carbonyl (C=O) groups is 1. The van der Waals surface area contributed by atoms with E-state index in [-0.39, 0.29) is 17.1 Å². The maximum absolute atomic E-state index is 10.9. The SMILES string of the molecule is Cc1c(C(=O)O)ccc2c(O)c(O)ccc12. The van der Waals surface area contributed by atoms with E-state index in [2.05, 4.69) is 0 Å². The van der Waals surface area contributed by atoms with Gasteiger partial charge in [0, 0.05) is 5.39 Å². The molecule has 4 nitrogen and oxygen atoms in total. The van der Waals surface area contributed by atoms with Gasteiger partial charge in [-0.1, -0.05) is 6.07 Å². The molecule has 2 aromatic carbocycles. The quantitative estimate of drug-likeness (QED) is 0.641. The molecule has 2 rings (SSSR count).